The molecule has 11 heteroatoms. The third kappa shape index (κ3) is 7.20. The van der Waals surface area contributed by atoms with Gasteiger partial charge in [0, 0.05) is 18.0 Å². The van der Waals surface area contributed by atoms with Crippen LogP contribution in [-0.2, 0) is 6.42 Å². The molecule has 0 radical (unpaired) electrons. The Balaban J connectivity index is 0.000000334. The molecule has 0 amide bonds. The summed E-state index contributed by atoms with van der Waals surface area (Å²) in [4.78, 5) is 19.0. The number of benzene rings is 2. The van der Waals surface area contributed by atoms with E-state index in [1.165, 1.54) is 12.7 Å². The summed E-state index contributed by atoms with van der Waals surface area (Å²) in [5.74, 6) is 3.48. The van der Waals surface area contributed by atoms with Crippen LogP contribution < -0.4 is 24.7 Å². The molecule has 0 spiro atoms. The number of nitrogen functional groups attached to an aromatic ring is 1. The maximum Gasteiger partial charge on any atom is 0.182 e. The zero-order valence-corrected chi connectivity index (χ0v) is 24.0. The molecule has 0 bridgehead atoms. The molecule has 212 valence electrons. The number of rotatable bonds is 10. The summed E-state index contributed by atoms with van der Waals surface area (Å²) in [5.41, 5.74) is 8.88. The fourth-order valence-electron chi connectivity index (χ4n) is 4.10. The SMILES string of the molecule is CCOc1ccc(Cc2nccc3cc(OCC)c(OCC)cc23)cc1OCC.Cl.Nc1ncnc2nc[nH]c12. The first-order valence-corrected chi connectivity index (χ1v) is 13.0. The number of fused-ring (bicyclic) bond motifs is 2. The summed E-state index contributed by atoms with van der Waals surface area (Å²) in [6.45, 7) is 10.3. The largest absolute Gasteiger partial charge is 0.490 e. The second-order valence-corrected chi connectivity index (χ2v) is 8.33. The van der Waals surface area contributed by atoms with Gasteiger partial charge >= 0.3 is 0 Å². The molecule has 0 saturated carbocycles. The molecule has 3 N–H and O–H groups in total. The molecule has 0 atom stereocenters. The second kappa shape index (κ2) is 14.7. The molecule has 0 aliphatic carbocycles. The van der Waals surface area contributed by atoms with E-state index in [2.05, 4.69) is 31.0 Å². The standard InChI is InChI=1S/C24H29NO4.C5H5N5.ClH/c1-5-26-21-10-9-17(14-22(21)27-6-2)13-20-19-16-24(29-8-4)23(28-7-3)15-18(19)11-12-25-20;6-4-3-5(9-1-7-3)10-2-8-4;/h9-12,14-16H,5-8,13H2,1-4H3;1-2H,(H3,6,7,8,9,10);1H. The fourth-order valence-corrected chi connectivity index (χ4v) is 4.10. The van der Waals surface area contributed by atoms with Gasteiger partial charge in [0.2, 0.25) is 0 Å². The van der Waals surface area contributed by atoms with E-state index in [9.17, 15) is 0 Å². The van der Waals surface area contributed by atoms with E-state index in [-0.39, 0.29) is 12.4 Å². The van der Waals surface area contributed by atoms with Crippen molar-refractivity contribution in [1.82, 2.24) is 24.9 Å². The number of nitrogens with zero attached hydrogens (tertiary/aromatic N) is 4. The van der Waals surface area contributed by atoms with Crippen LogP contribution in [0.1, 0.15) is 39.0 Å². The summed E-state index contributed by atoms with van der Waals surface area (Å²) in [7, 11) is 0. The number of anilines is 1. The number of nitrogens with two attached hydrogens (primary N) is 1. The van der Waals surface area contributed by atoms with Gasteiger partial charge in [0.25, 0.3) is 0 Å². The van der Waals surface area contributed by atoms with E-state index in [0.717, 1.165) is 45.0 Å². The lowest BCUT2D eigenvalue weighted by molar-refractivity contribution is 0.287. The van der Waals surface area contributed by atoms with Crippen molar-refractivity contribution in [2.75, 3.05) is 32.2 Å². The van der Waals surface area contributed by atoms with E-state index in [0.29, 0.717) is 49.8 Å². The van der Waals surface area contributed by atoms with Crippen LogP contribution in [-0.4, -0.2) is 51.3 Å². The van der Waals surface area contributed by atoms with Gasteiger partial charge < -0.3 is 29.7 Å². The van der Waals surface area contributed by atoms with Crippen molar-refractivity contribution in [3.63, 3.8) is 0 Å². The van der Waals surface area contributed by atoms with Crippen molar-refractivity contribution in [3.05, 3.63) is 66.5 Å². The summed E-state index contributed by atoms with van der Waals surface area (Å²) in [6.07, 6.45) is 5.45. The predicted molar refractivity (Wildman–Crippen MR) is 159 cm³/mol. The zero-order chi connectivity index (χ0) is 27.6. The van der Waals surface area contributed by atoms with Crippen molar-refractivity contribution >= 4 is 40.2 Å². The van der Waals surface area contributed by atoms with Crippen LogP contribution in [0.3, 0.4) is 0 Å². The van der Waals surface area contributed by atoms with Crippen LogP contribution in [0.2, 0.25) is 0 Å². The maximum atomic E-state index is 5.81. The Morgan fingerprint density at radius 3 is 2.05 bits per heavy atom. The van der Waals surface area contributed by atoms with Gasteiger partial charge in [-0.15, -0.1) is 12.4 Å². The number of halogens is 1. The molecule has 0 saturated heterocycles. The number of hydrogen-bond acceptors (Lipinski definition) is 9. The van der Waals surface area contributed by atoms with Crippen LogP contribution >= 0.6 is 12.4 Å². The number of ether oxygens (including phenoxy) is 4. The molecule has 40 heavy (non-hydrogen) atoms. The number of aromatic nitrogens is 5. The van der Waals surface area contributed by atoms with Gasteiger partial charge in [-0.3, -0.25) is 4.98 Å². The van der Waals surface area contributed by atoms with Crippen molar-refractivity contribution in [2.24, 2.45) is 0 Å². The molecule has 3 heterocycles. The lowest BCUT2D eigenvalue weighted by atomic mass is 10.0. The van der Waals surface area contributed by atoms with Crippen LogP contribution in [0.25, 0.3) is 21.9 Å². The smallest absolute Gasteiger partial charge is 0.182 e. The van der Waals surface area contributed by atoms with Gasteiger partial charge in [-0.25, -0.2) is 15.0 Å². The highest BCUT2D eigenvalue weighted by molar-refractivity contribution is 5.88. The summed E-state index contributed by atoms with van der Waals surface area (Å²) in [5, 5.41) is 2.14. The van der Waals surface area contributed by atoms with Gasteiger partial charge in [0.05, 0.1) is 38.4 Å². The predicted octanol–water partition coefficient (Wildman–Crippen LogP) is 5.78. The third-order valence-corrected chi connectivity index (χ3v) is 5.74. The molecule has 5 rings (SSSR count). The minimum absolute atomic E-state index is 0. The fraction of sp³-hybridized carbons (Fsp3) is 0.310. The highest BCUT2D eigenvalue weighted by atomic mass is 35.5. The molecular formula is C29H35ClN6O4. The minimum Gasteiger partial charge on any atom is -0.490 e. The van der Waals surface area contributed by atoms with Crippen molar-refractivity contribution in [2.45, 2.75) is 34.1 Å². The van der Waals surface area contributed by atoms with Gasteiger partial charge in [0.15, 0.2) is 34.5 Å². The zero-order valence-electron chi connectivity index (χ0n) is 23.1. The Morgan fingerprint density at radius 1 is 0.725 bits per heavy atom. The number of pyridine rings is 1. The van der Waals surface area contributed by atoms with Crippen LogP contribution in [0.4, 0.5) is 5.82 Å². The Morgan fingerprint density at radius 2 is 1.38 bits per heavy atom. The number of imidazole rings is 1. The molecular weight excluding hydrogens is 532 g/mol. The first kappa shape index (κ1) is 30.2. The van der Waals surface area contributed by atoms with E-state index >= 15 is 0 Å². The van der Waals surface area contributed by atoms with Crippen molar-refractivity contribution < 1.29 is 18.9 Å². The average Bonchev–Trinajstić information content (AvgIpc) is 3.42. The Kier molecular flexibility index (Phi) is 11.1. The quantitative estimate of drug-likeness (QED) is 0.216. The lowest BCUT2D eigenvalue weighted by Crippen LogP contribution is -2.01. The van der Waals surface area contributed by atoms with E-state index in [4.69, 9.17) is 24.7 Å². The monoisotopic (exact) mass is 566 g/mol. The minimum atomic E-state index is 0. The summed E-state index contributed by atoms with van der Waals surface area (Å²) in [6, 6.07) is 12.1. The molecule has 0 aliphatic rings. The highest BCUT2D eigenvalue weighted by Crippen LogP contribution is 2.35. The Bertz CT molecular complexity index is 1530. The average molecular weight is 567 g/mol. The van der Waals surface area contributed by atoms with Crippen molar-refractivity contribution in [3.8, 4) is 23.0 Å². The number of nitrogens with one attached hydrogen (secondary N) is 1. The number of H-pyrrole nitrogens is 1. The Labute approximate surface area is 239 Å². The van der Waals surface area contributed by atoms with Crippen LogP contribution in [0, 0.1) is 0 Å². The van der Waals surface area contributed by atoms with Crippen LogP contribution in [0.5, 0.6) is 23.0 Å². The Hall–Kier alpha value is -4.31. The first-order chi connectivity index (χ1) is 19.1. The first-order valence-electron chi connectivity index (χ1n) is 13.0. The normalized spacial score (nSPS) is 10.4. The van der Waals surface area contributed by atoms with Gasteiger partial charge in [-0.05, 0) is 69.0 Å². The summed E-state index contributed by atoms with van der Waals surface area (Å²) >= 11 is 0. The van der Waals surface area contributed by atoms with E-state index in [1.807, 2.05) is 64.2 Å². The number of hydrogen-bond donors (Lipinski definition) is 2. The molecule has 0 unspecified atom stereocenters. The number of aromatic amines is 1. The lowest BCUT2D eigenvalue weighted by Gasteiger charge is -2.15. The van der Waals surface area contributed by atoms with Gasteiger partial charge in [-0.2, -0.15) is 0 Å². The second-order valence-electron chi connectivity index (χ2n) is 8.33. The topological polar surface area (TPSA) is 130 Å². The van der Waals surface area contributed by atoms with Gasteiger partial charge in [-0.1, -0.05) is 6.07 Å². The van der Waals surface area contributed by atoms with Gasteiger partial charge in [0.1, 0.15) is 11.8 Å². The van der Waals surface area contributed by atoms with E-state index < -0.39 is 0 Å². The molecule has 10 nitrogen and oxygen atoms in total. The molecule has 0 fully saturated rings. The van der Waals surface area contributed by atoms with Crippen LogP contribution in [0.15, 0.2) is 55.2 Å². The maximum absolute atomic E-state index is 5.81. The van der Waals surface area contributed by atoms with Crippen molar-refractivity contribution in [1.29, 1.82) is 0 Å². The van der Waals surface area contributed by atoms with E-state index in [1.54, 1.807) is 0 Å². The molecule has 5 aromatic rings. The molecule has 2 aromatic carbocycles. The molecule has 0 aliphatic heterocycles. The highest BCUT2D eigenvalue weighted by Gasteiger charge is 2.13. The third-order valence-electron chi connectivity index (χ3n) is 5.74. The molecule has 3 aromatic heterocycles. The summed E-state index contributed by atoms with van der Waals surface area (Å²) < 4.78 is 23.0.